The SMILES string of the molecule is N#Cc1nnn(-c2ccc(F)cc2)c1COc1ccccc1. The largest absolute Gasteiger partial charge is 0.487 e. The van der Waals surface area contributed by atoms with Crippen LogP contribution in [0.15, 0.2) is 54.6 Å². The first-order chi connectivity index (χ1) is 10.8. The quantitative estimate of drug-likeness (QED) is 0.742. The van der Waals surface area contributed by atoms with Crippen molar-refractivity contribution in [1.29, 1.82) is 5.26 Å². The summed E-state index contributed by atoms with van der Waals surface area (Å²) < 4.78 is 20.1. The van der Waals surface area contributed by atoms with Crippen molar-refractivity contribution in [2.45, 2.75) is 6.61 Å². The summed E-state index contributed by atoms with van der Waals surface area (Å²) in [7, 11) is 0. The summed E-state index contributed by atoms with van der Waals surface area (Å²) in [4.78, 5) is 0. The van der Waals surface area contributed by atoms with Crippen molar-refractivity contribution in [2.75, 3.05) is 0 Å². The maximum atomic E-state index is 13.0. The van der Waals surface area contributed by atoms with Crippen LogP contribution in [-0.4, -0.2) is 15.0 Å². The van der Waals surface area contributed by atoms with E-state index in [-0.39, 0.29) is 18.1 Å². The van der Waals surface area contributed by atoms with Crippen LogP contribution in [-0.2, 0) is 6.61 Å². The van der Waals surface area contributed by atoms with Crippen LogP contribution in [0.3, 0.4) is 0 Å². The number of rotatable bonds is 4. The van der Waals surface area contributed by atoms with Gasteiger partial charge in [0.15, 0.2) is 5.69 Å². The van der Waals surface area contributed by atoms with Crippen molar-refractivity contribution in [3.8, 4) is 17.5 Å². The minimum absolute atomic E-state index is 0.136. The number of nitrogens with zero attached hydrogens (tertiary/aromatic N) is 4. The molecule has 1 heterocycles. The second-order valence-electron chi connectivity index (χ2n) is 4.49. The van der Waals surface area contributed by atoms with E-state index < -0.39 is 0 Å². The Bertz CT molecular complexity index is 806. The van der Waals surface area contributed by atoms with Gasteiger partial charge in [-0.15, -0.1) is 5.10 Å². The fraction of sp³-hybridized carbons (Fsp3) is 0.0625. The lowest BCUT2D eigenvalue weighted by atomic mass is 10.3. The normalized spacial score (nSPS) is 10.2. The third-order valence-electron chi connectivity index (χ3n) is 3.06. The van der Waals surface area contributed by atoms with Gasteiger partial charge in [0.05, 0.1) is 5.69 Å². The fourth-order valence-corrected chi connectivity index (χ4v) is 1.98. The van der Waals surface area contributed by atoms with E-state index in [0.717, 1.165) is 0 Å². The van der Waals surface area contributed by atoms with Crippen LogP contribution in [0.2, 0.25) is 0 Å². The average molecular weight is 294 g/mol. The van der Waals surface area contributed by atoms with Crippen LogP contribution < -0.4 is 4.74 Å². The van der Waals surface area contributed by atoms with Crippen LogP contribution in [0, 0.1) is 17.1 Å². The maximum absolute atomic E-state index is 13.0. The summed E-state index contributed by atoms with van der Waals surface area (Å²) in [5.41, 5.74) is 1.31. The lowest BCUT2D eigenvalue weighted by Crippen LogP contribution is -2.07. The summed E-state index contributed by atoms with van der Waals surface area (Å²) in [6.07, 6.45) is 0. The standard InChI is InChI=1S/C16H11FN4O/c17-12-6-8-13(9-7-12)21-16(15(10-18)19-20-21)11-22-14-4-2-1-3-5-14/h1-9H,11H2. The molecule has 0 N–H and O–H groups in total. The first-order valence-electron chi connectivity index (χ1n) is 6.56. The Morgan fingerprint density at radius 1 is 1.09 bits per heavy atom. The Hall–Kier alpha value is -3.20. The molecule has 0 aliphatic carbocycles. The minimum Gasteiger partial charge on any atom is -0.487 e. The van der Waals surface area contributed by atoms with Gasteiger partial charge in [0.1, 0.15) is 29.9 Å². The van der Waals surface area contributed by atoms with Crippen LogP contribution in [0.4, 0.5) is 4.39 Å². The third kappa shape index (κ3) is 2.79. The van der Waals surface area contributed by atoms with E-state index in [1.165, 1.54) is 16.8 Å². The Morgan fingerprint density at radius 3 is 2.50 bits per heavy atom. The topological polar surface area (TPSA) is 63.7 Å². The zero-order chi connectivity index (χ0) is 15.4. The molecule has 0 bridgehead atoms. The van der Waals surface area contributed by atoms with Gasteiger partial charge in [0.2, 0.25) is 0 Å². The number of para-hydroxylation sites is 1. The van der Waals surface area contributed by atoms with Crippen molar-refractivity contribution in [2.24, 2.45) is 0 Å². The zero-order valence-electron chi connectivity index (χ0n) is 11.5. The number of aromatic nitrogens is 3. The fourth-order valence-electron chi connectivity index (χ4n) is 1.98. The van der Waals surface area contributed by atoms with Gasteiger partial charge in [0.25, 0.3) is 0 Å². The highest BCUT2D eigenvalue weighted by molar-refractivity contribution is 5.36. The van der Waals surface area contributed by atoms with Crippen molar-refractivity contribution in [3.63, 3.8) is 0 Å². The van der Waals surface area contributed by atoms with E-state index in [0.29, 0.717) is 17.1 Å². The molecule has 0 aliphatic rings. The molecular weight excluding hydrogens is 283 g/mol. The van der Waals surface area contributed by atoms with Crippen LogP contribution in [0.1, 0.15) is 11.4 Å². The van der Waals surface area contributed by atoms with Crippen LogP contribution in [0.5, 0.6) is 5.75 Å². The molecule has 2 aromatic carbocycles. The monoisotopic (exact) mass is 294 g/mol. The molecule has 0 atom stereocenters. The molecule has 0 fully saturated rings. The lowest BCUT2D eigenvalue weighted by Gasteiger charge is -2.08. The Morgan fingerprint density at radius 2 is 1.82 bits per heavy atom. The van der Waals surface area contributed by atoms with Gasteiger partial charge in [-0.2, -0.15) is 5.26 Å². The molecule has 0 aliphatic heterocycles. The van der Waals surface area contributed by atoms with Crippen molar-refractivity contribution >= 4 is 0 Å². The van der Waals surface area contributed by atoms with Gasteiger partial charge < -0.3 is 4.74 Å². The van der Waals surface area contributed by atoms with E-state index in [1.807, 2.05) is 36.4 Å². The van der Waals surface area contributed by atoms with E-state index in [1.54, 1.807) is 12.1 Å². The predicted octanol–water partition coefficient (Wildman–Crippen LogP) is 2.86. The number of hydrogen-bond acceptors (Lipinski definition) is 4. The molecular formula is C16H11FN4O. The Labute approximate surface area is 126 Å². The molecule has 0 spiro atoms. The molecule has 0 saturated heterocycles. The molecule has 5 nitrogen and oxygen atoms in total. The molecule has 0 radical (unpaired) electrons. The smallest absolute Gasteiger partial charge is 0.189 e. The summed E-state index contributed by atoms with van der Waals surface area (Å²) in [6.45, 7) is 0.136. The molecule has 22 heavy (non-hydrogen) atoms. The first kappa shape index (κ1) is 13.8. The van der Waals surface area contributed by atoms with Crippen molar-refractivity contribution in [3.05, 3.63) is 71.8 Å². The number of benzene rings is 2. The summed E-state index contributed by atoms with van der Waals surface area (Å²) in [5, 5.41) is 16.9. The second kappa shape index (κ2) is 6.06. The van der Waals surface area contributed by atoms with E-state index >= 15 is 0 Å². The number of halogens is 1. The highest BCUT2D eigenvalue weighted by atomic mass is 19.1. The summed E-state index contributed by atoms with van der Waals surface area (Å²) in [5.74, 6) is 0.338. The van der Waals surface area contributed by atoms with Gasteiger partial charge in [-0.05, 0) is 36.4 Å². The van der Waals surface area contributed by atoms with Gasteiger partial charge in [-0.1, -0.05) is 23.4 Å². The number of nitriles is 1. The molecule has 3 aromatic rings. The van der Waals surface area contributed by atoms with Crippen LogP contribution in [0.25, 0.3) is 5.69 Å². The first-order valence-corrected chi connectivity index (χ1v) is 6.56. The van der Waals surface area contributed by atoms with E-state index in [2.05, 4.69) is 10.3 Å². The highest BCUT2D eigenvalue weighted by Gasteiger charge is 2.15. The molecule has 1 aromatic heterocycles. The number of ether oxygens (including phenoxy) is 1. The Balaban J connectivity index is 1.91. The van der Waals surface area contributed by atoms with E-state index in [4.69, 9.17) is 10.00 Å². The lowest BCUT2D eigenvalue weighted by molar-refractivity contribution is 0.297. The summed E-state index contributed by atoms with van der Waals surface area (Å²) >= 11 is 0. The number of hydrogen-bond donors (Lipinski definition) is 0. The van der Waals surface area contributed by atoms with Crippen molar-refractivity contribution in [1.82, 2.24) is 15.0 Å². The van der Waals surface area contributed by atoms with Gasteiger partial charge in [0, 0.05) is 0 Å². The Kier molecular flexibility index (Phi) is 3.79. The molecule has 108 valence electrons. The zero-order valence-corrected chi connectivity index (χ0v) is 11.5. The molecule has 0 unspecified atom stereocenters. The second-order valence-corrected chi connectivity index (χ2v) is 4.49. The van der Waals surface area contributed by atoms with Gasteiger partial charge in [-0.3, -0.25) is 0 Å². The van der Waals surface area contributed by atoms with Gasteiger partial charge >= 0.3 is 0 Å². The van der Waals surface area contributed by atoms with Crippen molar-refractivity contribution < 1.29 is 9.13 Å². The minimum atomic E-state index is -0.341. The van der Waals surface area contributed by atoms with Gasteiger partial charge in [-0.25, -0.2) is 9.07 Å². The van der Waals surface area contributed by atoms with Crippen LogP contribution >= 0.6 is 0 Å². The maximum Gasteiger partial charge on any atom is 0.189 e. The molecule has 3 rings (SSSR count). The molecule has 0 saturated carbocycles. The molecule has 6 heteroatoms. The molecule has 0 amide bonds. The highest BCUT2D eigenvalue weighted by Crippen LogP contribution is 2.16. The average Bonchev–Trinajstić information content (AvgIpc) is 2.97. The predicted molar refractivity (Wildman–Crippen MR) is 76.8 cm³/mol. The summed E-state index contributed by atoms with van der Waals surface area (Å²) in [6, 6.07) is 17.0. The van der Waals surface area contributed by atoms with E-state index in [9.17, 15) is 4.39 Å². The third-order valence-corrected chi connectivity index (χ3v) is 3.06.